The van der Waals surface area contributed by atoms with Crippen LogP contribution >= 0.6 is 0 Å². The van der Waals surface area contributed by atoms with Gasteiger partial charge in [-0.1, -0.05) is 0 Å². The van der Waals surface area contributed by atoms with E-state index in [4.69, 9.17) is 0 Å². The number of rotatable bonds is 5. The van der Waals surface area contributed by atoms with Gasteiger partial charge in [-0.3, -0.25) is 4.99 Å². The summed E-state index contributed by atoms with van der Waals surface area (Å²) in [5.74, 6) is 0.102. The molecule has 0 aliphatic carbocycles. The van der Waals surface area contributed by atoms with Gasteiger partial charge in [0.2, 0.25) is 0 Å². The molecule has 0 amide bonds. The third-order valence-electron chi connectivity index (χ3n) is 2.85. The number of benzene rings is 1. The van der Waals surface area contributed by atoms with E-state index < -0.39 is 0 Å². The minimum absolute atomic E-state index is 0.0501. The normalized spacial score (nSPS) is 11.7. The van der Waals surface area contributed by atoms with Crippen molar-refractivity contribution in [2.45, 2.75) is 19.9 Å². The molecule has 0 saturated heterocycles. The molecule has 2 rings (SSSR count). The summed E-state index contributed by atoms with van der Waals surface area (Å²) in [6.45, 7) is 3.41. The predicted octanol–water partition coefficient (Wildman–Crippen LogP) is 2.19. The van der Waals surface area contributed by atoms with Crippen LogP contribution in [-0.2, 0) is 6.54 Å². The van der Waals surface area contributed by atoms with Gasteiger partial charge in [0.05, 0.1) is 6.33 Å². The van der Waals surface area contributed by atoms with E-state index in [1.54, 1.807) is 24.7 Å². The zero-order chi connectivity index (χ0) is 13.7. The van der Waals surface area contributed by atoms with Gasteiger partial charge in [0.15, 0.2) is 0 Å². The van der Waals surface area contributed by atoms with Crippen LogP contribution in [0.25, 0.3) is 0 Å². The van der Waals surface area contributed by atoms with Gasteiger partial charge in [-0.2, -0.15) is 0 Å². The summed E-state index contributed by atoms with van der Waals surface area (Å²) in [6, 6.07) is 4.53. The minimum Gasteiger partial charge on any atom is -0.508 e. The summed E-state index contributed by atoms with van der Waals surface area (Å²) in [5.41, 5.74) is 1.42. The van der Waals surface area contributed by atoms with E-state index in [2.05, 4.69) is 9.98 Å². The van der Waals surface area contributed by atoms with E-state index in [-0.39, 0.29) is 11.5 Å². The van der Waals surface area contributed by atoms with Gasteiger partial charge < -0.3 is 14.8 Å². The van der Waals surface area contributed by atoms with Gasteiger partial charge in [0.1, 0.15) is 11.5 Å². The van der Waals surface area contributed by atoms with Crippen molar-refractivity contribution in [2.75, 3.05) is 6.54 Å². The Morgan fingerprint density at radius 1 is 1.37 bits per heavy atom. The Balaban J connectivity index is 1.91. The number of imidazole rings is 1. The van der Waals surface area contributed by atoms with Crippen LogP contribution in [0.4, 0.5) is 0 Å². The zero-order valence-electron chi connectivity index (χ0n) is 10.8. The van der Waals surface area contributed by atoms with Gasteiger partial charge in [0.25, 0.3) is 0 Å². The highest BCUT2D eigenvalue weighted by Crippen LogP contribution is 2.23. The van der Waals surface area contributed by atoms with Crippen LogP contribution < -0.4 is 0 Å². The average Bonchev–Trinajstić information content (AvgIpc) is 2.87. The third-order valence-corrected chi connectivity index (χ3v) is 2.85. The first kappa shape index (κ1) is 13.1. The molecular weight excluding hydrogens is 242 g/mol. The second kappa shape index (κ2) is 6.04. The first-order valence-corrected chi connectivity index (χ1v) is 6.16. The highest BCUT2D eigenvalue weighted by atomic mass is 16.3. The fraction of sp³-hybridized carbons (Fsp3) is 0.286. The highest BCUT2D eigenvalue weighted by molar-refractivity contribution is 6.01. The summed E-state index contributed by atoms with van der Waals surface area (Å²) in [7, 11) is 0. The summed E-state index contributed by atoms with van der Waals surface area (Å²) in [4.78, 5) is 8.40. The summed E-state index contributed by atoms with van der Waals surface area (Å²) < 4.78 is 2.00. The molecule has 0 aliphatic heterocycles. The number of phenols is 2. The second-order valence-corrected chi connectivity index (χ2v) is 4.32. The Bertz CT molecular complexity index is 562. The largest absolute Gasteiger partial charge is 0.508 e. The number of hydrogen-bond acceptors (Lipinski definition) is 4. The first-order valence-electron chi connectivity index (χ1n) is 6.16. The quantitative estimate of drug-likeness (QED) is 0.638. The standard InChI is InChI=1S/C14H17N3O2/c1-11(13-4-3-12(18)9-14(13)19)16-5-2-7-17-8-6-15-10-17/h3-4,6,8-10,18-19H,2,5,7H2,1H3. The van der Waals surface area contributed by atoms with Crippen LogP contribution in [0.3, 0.4) is 0 Å². The Labute approximate surface area is 111 Å². The van der Waals surface area contributed by atoms with E-state index in [1.807, 2.05) is 17.7 Å². The maximum absolute atomic E-state index is 9.72. The molecule has 1 heterocycles. The van der Waals surface area contributed by atoms with E-state index >= 15 is 0 Å². The molecule has 5 heteroatoms. The summed E-state index contributed by atoms with van der Waals surface area (Å²) in [5, 5.41) is 18.9. The third kappa shape index (κ3) is 3.58. The monoisotopic (exact) mass is 259 g/mol. The predicted molar refractivity (Wildman–Crippen MR) is 73.7 cm³/mol. The van der Waals surface area contributed by atoms with Crippen LogP contribution in [0, 0.1) is 0 Å². The van der Waals surface area contributed by atoms with Gasteiger partial charge in [-0.25, -0.2) is 4.98 Å². The molecule has 0 unspecified atom stereocenters. The van der Waals surface area contributed by atoms with Crippen LogP contribution in [0.5, 0.6) is 11.5 Å². The molecule has 0 bridgehead atoms. The molecule has 0 spiro atoms. The maximum atomic E-state index is 9.72. The molecule has 0 saturated carbocycles. The smallest absolute Gasteiger partial charge is 0.128 e. The maximum Gasteiger partial charge on any atom is 0.128 e. The van der Waals surface area contributed by atoms with E-state index in [9.17, 15) is 10.2 Å². The van der Waals surface area contributed by atoms with Crippen molar-refractivity contribution in [1.29, 1.82) is 0 Å². The van der Waals surface area contributed by atoms with Crippen molar-refractivity contribution in [3.8, 4) is 11.5 Å². The van der Waals surface area contributed by atoms with Gasteiger partial charge in [-0.15, -0.1) is 0 Å². The molecule has 0 fully saturated rings. The minimum atomic E-state index is 0.0501. The lowest BCUT2D eigenvalue weighted by molar-refractivity contribution is 0.450. The van der Waals surface area contributed by atoms with E-state index in [1.165, 1.54) is 6.07 Å². The van der Waals surface area contributed by atoms with Crippen LogP contribution in [0.1, 0.15) is 18.9 Å². The molecule has 0 atom stereocenters. The Morgan fingerprint density at radius 3 is 2.89 bits per heavy atom. The molecule has 19 heavy (non-hydrogen) atoms. The SMILES string of the molecule is CC(=NCCCn1ccnc1)c1ccc(O)cc1O. The van der Waals surface area contributed by atoms with Gasteiger partial charge >= 0.3 is 0 Å². The number of aromatic nitrogens is 2. The lowest BCUT2D eigenvalue weighted by atomic mass is 10.1. The van der Waals surface area contributed by atoms with Crippen molar-refractivity contribution in [2.24, 2.45) is 4.99 Å². The lowest BCUT2D eigenvalue weighted by Gasteiger charge is -2.05. The number of aryl methyl sites for hydroxylation is 1. The molecule has 0 radical (unpaired) electrons. The fourth-order valence-electron chi connectivity index (χ4n) is 1.83. The second-order valence-electron chi connectivity index (χ2n) is 4.32. The van der Waals surface area contributed by atoms with Gasteiger partial charge in [-0.05, 0) is 25.5 Å². The van der Waals surface area contributed by atoms with Crippen LogP contribution in [0.15, 0.2) is 41.9 Å². The highest BCUT2D eigenvalue weighted by Gasteiger charge is 2.04. The van der Waals surface area contributed by atoms with E-state index in [0.717, 1.165) is 18.7 Å². The molecule has 2 aromatic rings. The van der Waals surface area contributed by atoms with Crippen molar-refractivity contribution >= 4 is 5.71 Å². The molecule has 2 N–H and O–H groups in total. The fourth-order valence-corrected chi connectivity index (χ4v) is 1.83. The molecule has 5 nitrogen and oxygen atoms in total. The van der Waals surface area contributed by atoms with Crippen molar-refractivity contribution in [3.05, 3.63) is 42.5 Å². The molecule has 1 aromatic carbocycles. The molecular formula is C14H17N3O2. The average molecular weight is 259 g/mol. The Morgan fingerprint density at radius 2 is 2.21 bits per heavy atom. The van der Waals surface area contributed by atoms with E-state index in [0.29, 0.717) is 12.1 Å². The van der Waals surface area contributed by atoms with Crippen molar-refractivity contribution in [3.63, 3.8) is 0 Å². The van der Waals surface area contributed by atoms with Crippen LogP contribution in [-0.4, -0.2) is 32.0 Å². The Kier molecular flexibility index (Phi) is 4.18. The molecule has 100 valence electrons. The number of aromatic hydroxyl groups is 2. The lowest BCUT2D eigenvalue weighted by Crippen LogP contribution is -2.00. The first-order chi connectivity index (χ1) is 9.16. The summed E-state index contributed by atoms with van der Waals surface area (Å²) >= 11 is 0. The number of nitrogens with zero attached hydrogens (tertiary/aromatic N) is 3. The van der Waals surface area contributed by atoms with Crippen LogP contribution in [0.2, 0.25) is 0 Å². The van der Waals surface area contributed by atoms with Crippen molar-refractivity contribution in [1.82, 2.24) is 9.55 Å². The number of hydrogen-bond donors (Lipinski definition) is 2. The molecule has 0 aliphatic rings. The van der Waals surface area contributed by atoms with Crippen molar-refractivity contribution < 1.29 is 10.2 Å². The zero-order valence-corrected chi connectivity index (χ0v) is 10.8. The number of phenolic OH excluding ortho intramolecular Hbond substituents is 2. The van der Waals surface area contributed by atoms with Gasteiger partial charge in [0, 0.05) is 42.8 Å². The topological polar surface area (TPSA) is 70.6 Å². The summed E-state index contributed by atoms with van der Waals surface area (Å²) in [6.07, 6.45) is 6.36. The number of aliphatic imine (C=N–C) groups is 1. The Hall–Kier alpha value is -2.30. The molecule has 1 aromatic heterocycles.